The fourth-order valence-electron chi connectivity index (χ4n) is 2.42. The summed E-state index contributed by atoms with van der Waals surface area (Å²) in [4.78, 5) is 25.2. The van der Waals surface area contributed by atoms with E-state index in [9.17, 15) is 14.0 Å². The van der Waals surface area contributed by atoms with Gasteiger partial charge in [0.05, 0.1) is 11.6 Å². The molecule has 1 atom stereocenters. The number of thiophene rings is 1. The fraction of sp³-hybridized carbons (Fsp3) is 0.100. The van der Waals surface area contributed by atoms with Gasteiger partial charge in [-0.25, -0.2) is 9.18 Å². The average Bonchev–Trinajstić information content (AvgIpc) is 3.20. The van der Waals surface area contributed by atoms with Crippen molar-refractivity contribution >= 4 is 23.2 Å². The van der Waals surface area contributed by atoms with E-state index in [1.807, 2.05) is 47.8 Å². The number of ether oxygens (including phenoxy) is 1. The molecule has 1 N–H and O–H groups in total. The molecule has 0 spiro atoms. The normalized spacial score (nSPS) is 11.6. The number of carbonyl (C=O) groups is 2. The Morgan fingerprint density at radius 3 is 2.38 bits per heavy atom. The minimum atomic E-state index is -0.674. The molecule has 1 aromatic heterocycles. The van der Waals surface area contributed by atoms with Crippen LogP contribution >= 0.6 is 11.3 Å². The number of rotatable bonds is 6. The Balaban J connectivity index is 1.63. The maximum Gasteiger partial charge on any atom is 0.338 e. The van der Waals surface area contributed by atoms with Gasteiger partial charge in [-0.2, -0.15) is 0 Å². The Labute approximate surface area is 154 Å². The number of halogens is 1. The van der Waals surface area contributed by atoms with Crippen molar-refractivity contribution in [3.05, 3.63) is 93.9 Å². The molecule has 0 aliphatic heterocycles. The molecule has 2 aromatic carbocycles. The van der Waals surface area contributed by atoms with E-state index in [-0.39, 0.29) is 11.6 Å². The molecule has 0 saturated carbocycles. The Hall–Kier alpha value is -2.99. The lowest BCUT2D eigenvalue weighted by Gasteiger charge is -2.18. The fourth-order valence-corrected chi connectivity index (χ4v) is 3.23. The predicted octanol–water partition coefficient (Wildman–Crippen LogP) is 3.95. The summed E-state index contributed by atoms with van der Waals surface area (Å²) in [5.41, 5.74) is 1.13. The van der Waals surface area contributed by atoms with E-state index in [1.165, 1.54) is 35.6 Å². The van der Waals surface area contributed by atoms with E-state index in [2.05, 4.69) is 5.32 Å². The van der Waals surface area contributed by atoms with Gasteiger partial charge in [0.15, 0.2) is 6.61 Å². The molecular formula is C20H16FNO3S. The summed E-state index contributed by atoms with van der Waals surface area (Å²) in [7, 11) is 0. The van der Waals surface area contributed by atoms with E-state index in [0.29, 0.717) is 0 Å². The van der Waals surface area contributed by atoms with Gasteiger partial charge >= 0.3 is 5.97 Å². The Bertz CT molecular complexity index is 864. The molecular weight excluding hydrogens is 353 g/mol. The van der Waals surface area contributed by atoms with Crippen molar-refractivity contribution in [2.75, 3.05) is 6.61 Å². The Morgan fingerprint density at radius 1 is 1.00 bits per heavy atom. The van der Waals surface area contributed by atoms with Crippen molar-refractivity contribution < 1.29 is 18.7 Å². The van der Waals surface area contributed by atoms with Crippen molar-refractivity contribution in [3.8, 4) is 0 Å². The second-order valence-electron chi connectivity index (χ2n) is 5.51. The lowest BCUT2D eigenvalue weighted by molar-refractivity contribution is -0.124. The van der Waals surface area contributed by atoms with Crippen molar-refractivity contribution in [1.29, 1.82) is 0 Å². The minimum Gasteiger partial charge on any atom is -0.452 e. The molecule has 0 saturated heterocycles. The third-order valence-electron chi connectivity index (χ3n) is 3.68. The molecule has 1 heterocycles. The molecule has 0 bridgehead atoms. The smallest absolute Gasteiger partial charge is 0.338 e. The highest BCUT2D eigenvalue weighted by Crippen LogP contribution is 2.25. The summed E-state index contributed by atoms with van der Waals surface area (Å²) >= 11 is 1.53. The first kappa shape index (κ1) is 17.8. The zero-order chi connectivity index (χ0) is 18.4. The van der Waals surface area contributed by atoms with Gasteiger partial charge in [-0.15, -0.1) is 11.3 Å². The van der Waals surface area contributed by atoms with Crippen molar-refractivity contribution in [1.82, 2.24) is 5.32 Å². The average molecular weight is 369 g/mol. The molecule has 1 amide bonds. The zero-order valence-corrected chi connectivity index (χ0v) is 14.5. The van der Waals surface area contributed by atoms with Crippen molar-refractivity contribution in [3.63, 3.8) is 0 Å². The molecule has 3 aromatic rings. The van der Waals surface area contributed by atoms with Crippen LogP contribution in [0.5, 0.6) is 0 Å². The van der Waals surface area contributed by atoms with Gasteiger partial charge in [-0.05, 0) is 41.3 Å². The van der Waals surface area contributed by atoms with E-state index < -0.39 is 24.3 Å². The van der Waals surface area contributed by atoms with Crippen LogP contribution in [0.2, 0.25) is 0 Å². The number of carbonyl (C=O) groups excluding carboxylic acids is 2. The summed E-state index contributed by atoms with van der Waals surface area (Å²) in [6.07, 6.45) is 0. The van der Waals surface area contributed by atoms with Gasteiger partial charge in [-0.3, -0.25) is 4.79 Å². The number of amides is 1. The summed E-state index contributed by atoms with van der Waals surface area (Å²) in [5, 5.41) is 4.82. The highest BCUT2D eigenvalue weighted by atomic mass is 32.1. The van der Waals surface area contributed by atoms with Gasteiger partial charge in [0.25, 0.3) is 5.91 Å². The molecule has 0 aliphatic rings. The highest BCUT2D eigenvalue weighted by Gasteiger charge is 2.19. The van der Waals surface area contributed by atoms with Crippen LogP contribution in [0.3, 0.4) is 0 Å². The van der Waals surface area contributed by atoms with Crippen LogP contribution in [0.15, 0.2) is 72.1 Å². The van der Waals surface area contributed by atoms with Gasteiger partial charge in [-0.1, -0.05) is 36.4 Å². The SMILES string of the molecule is O=C(COC(=O)c1ccc(F)cc1)N[C@@H](c1ccccc1)c1cccs1. The standard InChI is InChI=1S/C20H16FNO3S/c21-16-10-8-15(9-11-16)20(24)25-13-18(23)22-19(17-7-4-12-26-17)14-5-2-1-3-6-14/h1-12,19H,13H2,(H,22,23)/t19-/m0/s1. The summed E-state index contributed by atoms with van der Waals surface area (Å²) in [6, 6.07) is 18.1. The van der Waals surface area contributed by atoms with E-state index in [0.717, 1.165) is 10.4 Å². The third-order valence-corrected chi connectivity index (χ3v) is 4.62. The molecule has 26 heavy (non-hydrogen) atoms. The second kappa shape index (κ2) is 8.40. The molecule has 0 unspecified atom stereocenters. The minimum absolute atomic E-state index is 0.192. The lowest BCUT2D eigenvalue weighted by Crippen LogP contribution is -2.32. The third kappa shape index (κ3) is 4.55. The monoisotopic (exact) mass is 369 g/mol. The topological polar surface area (TPSA) is 55.4 Å². The number of esters is 1. The van der Waals surface area contributed by atoms with Crippen LogP contribution in [0.25, 0.3) is 0 Å². The zero-order valence-electron chi connectivity index (χ0n) is 13.7. The van der Waals surface area contributed by atoms with Gasteiger partial charge in [0, 0.05) is 4.88 Å². The van der Waals surface area contributed by atoms with E-state index in [4.69, 9.17) is 4.74 Å². The number of benzene rings is 2. The summed E-state index contributed by atoms with van der Waals surface area (Å²) in [5.74, 6) is -1.53. The van der Waals surface area contributed by atoms with Crippen LogP contribution in [-0.2, 0) is 9.53 Å². The van der Waals surface area contributed by atoms with Crippen LogP contribution in [-0.4, -0.2) is 18.5 Å². The quantitative estimate of drug-likeness (QED) is 0.670. The van der Waals surface area contributed by atoms with Crippen LogP contribution in [0.4, 0.5) is 4.39 Å². The molecule has 4 nitrogen and oxygen atoms in total. The summed E-state index contributed by atoms with van der Waals surface area (Å²) < 4.78 is 17.9. The molecule has 3 rings (SSSR count). The largest absolute Gasteiger partial charge is 0.452 e. The van der Waals surface area contributed by atoms with Gasteiger partial charge in [0.1, 0.15) is 5.82 Å². The molecule has 0 radical (unpaired) electrons. The van der Waals surface area contributed by atoms with E-state index >= 15 is 0 Å². The number of hydrogen-bond donors (Lipinski definition) is 1. The van der Waals surface area contributed by atoms with Crippen LogP contribution in [0.1, 0.15) is 26.8 Å². The first-order chi connectivity index (χ1) is 12.6. The number of hydrogen-bond acceptors (Lipinski definition) is 4. The molecule has 0 fully saturated rings. The van der Waals surface area contributed by atoms with Crippen molar-refractivity contribution in [2.45, 2.75) is 6.04 Å². The van der Waals surface area contributed by atoms with Crippen molar-refractivity contribution in [2.24, 2.45) is 0 Å². The van der Waals surface area contributed by atoms with Crippen LogP contribution in [0, 0.1) is 5.82 Å². The van der Waals surface area contributed by atoms with Gasteiger partial charge < -0.3 is 10.1 Å². The maximum atomic E-state index is 12.9. The highest BCUT2D eigenvalue weighted by molar-refractivity contribution is 7.10. The first-order valence-electron chi connectivity index (χ1n) is 7.94. The maximum absolute atomic E-state index is 12.9. The van der Waals surface area contributed by atoms with Crippen LogP contribution < -0.4 is 5.32 Å². The van der Waals surface area contributed by atoms with E-state index in [1.54, 1.807) is 0 Å². The van der Waals surface area contributed by atoms with Gasteiger partial charge in [0.2, 0.25) is 0 Å². The predicted molar refractivity (Wildman–Crippen MR) is 97.4 cm³/mol. The Kier molecular flexibility index (Phi) is 5.76. The lowest BCUT2D eigenvalue weighted by atomic mass is 10.1. The summed E-state index contributed by atoms with van der Waals surface area (Å²) in [6.45, 7) is -0.412. The number of nitrogens with one attached hydrogen (secondary N) is 1. The molecule has 132 valence electrons. The molecule has 6 heteroatoms. The first-order valence-corrected chi connectivity index (χ1v) is 8.82. The molecule has 0 aliphatic carbocycles. The second-order valence-corrected chi connectivity index (χ2v) is 6.49. The Morgan fingerprint density at radius 2 is 1.73 bits per heavy atom.